The summed E-state index contributed by atoms with van der Waals surface area (Å²) >= 11 is 0. The number of nitrogens with one attached hydrogen (secondary N) is 1. The summed E-state index contributed by atoms with van der Waals surface area (Å²) in [5, 5.41) is 4.99. The number of halogens is 1. The molecule has 3 aromatic rings. The molecule has 0 aliphatic rings. The number of nitrogens with zero attached hydrogens (tertiary/aromatic N) is 1. The number of hydrogen-bond donors (Lipinski definition) is 1. The van der Waals surface area contributed by atoms with E-state index in [4.69, 9.17) is 0 Å². The van der Waals surface area contributed by atoms with E-state index in [1.54, 1.807) is 12.1 Å². The normalized spacial score (nSPS) is 10.5. The Kier molecular flexibility index (Phi) is 4.24. The van der Waals surface area contributed by atoms with Crippen LogP contribution in [0.4, 0.5) is 15.8 Å². The van der Waals surface area contributed by atoms with Gasteiger partial charge in [0.1, 0.15) is 5.82 Å². The lowest BCUT2D eigenvalue weighted by Gasteiger charge is -2.19. The highest BCUT2D eigenvalue weighted by molar-refractivity contribution is 5.94. The van der Waals surface area contributed by atoms with Gasteiger partial charge in [0.05, 0.1) is 6.54 Å². The molecule has 23 heavy (non-hydrogen) atoms. The van der Waals surface area contributed by atoms with Crippen LogP contribution in [0.3, 0.4) is 0 Å². The summed E-state index contributed by atoms with van der Waals surface area (Å²) in [6, 6.07) is 20.0. The summed E-state index contributed by atoms with van der Waals surface area (Å²) in [5.74, 6) is -0.558. The van der Waals surface area contributed by atoms with E-state index in [2.05, 4.69) is 11.4 Å². The van der Waals surface area contributed by atoms with E-state index in [9.17, 15) is 9.18 Å². The quantitative estimate of drug-likeness (QED) is 0.788. The molecule has 0 unspecified atom stereocenters. The molecule has 1 N–H and O–H groups in total. The Hall–Kier alpha value is -2.88. The van der Waals surface area contributed by atoms with Crippen molar-refractivity contribution < 1.29 is 9.18 Å². The Labute approximate surface area is 134 Å². The van der Waals surface area contributed by atoms with Gasteiger partial charge in [0.25, 0.3) is 0 Å². The van der Waals surface area contributed by atoms with Gasteiger partial charge in [-0.1, -0.05) is 36.4 Å². The Balaban J connectivity index is 1.69. The Morgan fingerprint density at radius 3 is 2.57 bits per heavy atom. The van der Waals surface area contributed by atoms with Crippen molar-refractivity contribution in [2.75, 3.05) is 23.8 Å². The molecule has 0 saturated carbocycles. The van der Waals surface area contributed by atoms with Gasteiger partial charge in [-0.2, -0.15) is 0 Å². The minimum atomic E-state index is -0.370. The molecule has 116 valence electrons. The number of carbonyl (C=O) groups is 1. The maximum absolute atomic E-state index is 13.1. The molecule has 4 heteroatoms. The summed E-state index contributed by atoms with van der Waals surface area (Å²) in [7, 11) is 1.86. The van der Waals surface area contributed by atoms with E-state index < -0.39 is 0 Å². The number of amides is 1. The van der Waals surface area contributed by atoms with E-state index in [0.29, 0.717) is 5.69 Å². The van der Waals surface area contributed by atoms with Crippen molar-refractivity contribution >= 4 is 28.1 Å². The molecule has 0 aromatic heterocycles. The van der Waals surface area contributed by atoms with Crippen molar-refractivity contribution in [2.45, 2.75) is 0 Å². The first-order valence-electron chi connectivity index (χ1n) is 7.37. The predicted molar refractivity (Wildman–Crippen MR) is 92.2 cm³/mol. The molecule has 0 saturated heterocycles. The highest BCUT2D eigenvalue weighted by atomic mass is 19.1. The summed E-state index contributed by atoms with van der Waals surface area (Å²) < 4.78 is 13.1. The van der Waals surface area contributed by atoms with Crippen LogP contribution in [0, 0.1) is 5.82 Å². The van der Waals surface area contributed by atoms with Gasteiger partial charge in [-0.25, -0.2) is 4.39 Å². The molecule has 0 atom stereocenters. The van der Waals surface area contributed by atoms with Gasteiger partial charge < -0.3 is 10.2 Å². The SMILES string of the molecule is CN(CC(=O)Nc1cccc(F)c1)c1ccc2ccccc2c1. The fraction of sp³-hybridized carbons (Fsp3) is 0.105. The Morgan fingerprint density at radius 1 is 1.00 bits per heavy atom. The molecule has 3 aromatic carbocycles. The monoisotopic (exact) mass is 308 g/mol. The zero-order chi connectivity index (χ0) is 16.2. The largest absolute Gasteiger partial charge is 0.365 e. The number of fused-ring (bicyclic) bond motifs is 1. The van der Waals surface area contributed by atoms with Crippen LogP contribution in [0.1, 0.15) is 0 Å². The molecular weight excluding hydrogens is 291 g/mol. The van der Waals surface area contributed by atoms with E-state index in [0.717, 1.165) is 16.5 Å². The van der Waals surface area contributed by atoms with Crippen molar-refractivity contribution in [3.05, 3.63) is 72.5 Å². The molecule has 0 bridgehead atoms. The van der Waals surface area contributed by atoms with E-state index >= 15 is 0 Å². The van der Waals surface area contributed by atoms with Gasteiger partial charge in [0.2, 0.25) is 5.91 Å². The van der Waals surface area contributed by atoms with Crippen LogP contribution in [0.15, 0.2) is 66.7 Å². The second kappa shape index (κ2) is 6.48. The third-order valence-electron chi connectivity index (χ3n) is 3.66. The third-order valence-corrected chi connectivity index (χ3v) is 3.66. The molecule has 0 aliphatic carbocycles. The maximum Gasteiger partial charge on any atom is 0.243 e. The molecule has 3 rings (SSSR count). The first-order chi connectivity index (χ1) is 11.1. The number of anilines is 2. The lowest BCUT2D eigenvalue weighted by atomic mass is 10.1. The topological polar surface area (TPSA) is 32.3 Å². The number of hydrogen-bond acceptors (Lipinski definition) is 2. The first kappa shape index (κ1) is 15.0. The molecule has 0 radical (unpaired) electrons. The summed E-state index contributed by atoms with van der Waals surface area (Å²) in [5.41, 5.74) is 1.42. The number of likely N-dealkylation sites (N-methyl/N-ethyl adjacent to an activating group) is 1. The third kappa shape index (κ3) is 3.66. The van der Waals surface area contributed by atoms with Gasteiger partial charge in [-0.3, -0.25) is 4.79 Å². The number of benzene rings is 3. The van der Waals surface area contributed by atoms with Crippen LogP contribution in [-0.4, -0.2) is 19.5 Å². The summed E-state index contributed by atoms with van der Waals surface area (Å²) in [6.45, 7) is 0.189. The van der Waals surface area contributed by atoms with Crippen molar-refractivity contribution in [1.82, 2.24) is 0 Å². The van der Waals surface area contributed by atoms with E-state index in [1.165, 1.54) is 12.1 Å². The van der Waals surface area contributed by atoms with Crippen molar-refractivity contribution in [2.24, 2.45) is 0 Å². The standard InChI is InChI=1S/C19H17FN2O/c1-22(13-19(23)21-17-8-4-7-16(20)12-17)18-10-9-14-5-2-3-6-15(14)11-18/h2-12H,13H2,1H3,(H,21,23). The summed E-state index contributed by atoms with van der Waals surface area (Å²) in [4.78, 5) is 14.0. The number of rotatable bonds is 4. The average molecular weight is 308 g/mol. The Bertz CT molecular complexity index is 847. The van der Waals surface area contributed by atoms with Crippen LogP contribution in [0.5, 0.6) is 0 Å². The van der Waals surface area contributed by atoms with Crippen molar-refractivity contribution in [1.29, 1.82) is 0 Å². The van der Waals surface area contributed by atoms with Crippen LogP contribution < -0.4 is 10.2 Å². The molecule has 0 spiro atoms. The van der Waals surface area contributed by atoms with Crippen molar-refractivity contribution in [3.8, 4) is 0 Å². The molecular formula is C19H17FN2O. The molecule has 0 aliphatic heterocycles. The number of carbonyl (C=O) groups excluding carboxylic acids is 1. The molecule has 1 amide bonds. The van der Waals surface area contributed by atoms with Crippen LogP contribution in [0.2, 0.25) is 0 Å². The fourth-order valence-electron chi connectivity index (χ4n) is 2.49. The van der Waals surface area contributed by atoms with Crippen LogP contribution >= 0.6 is 0 Å². The maximum atomic E-state index is 13.1. The highest BCUT2D eigenvalue weighted by Crippen LogP contribution is 2.21. The van der Waals surface area contributed by atoms with Gasteiger partial charge >= 0.3 is 0 Å². The lowest BCUT2D eigenvalue weighted by molar-refractivity contribution is -0.114. The zero-order valence-electron chi connectivity index (χ0n) is 12.8. The second-order valence-corrected chi connectivity index (χ2v) is 5.45. The first-order valence-corrected chi connectivity index (χ1v) is 7.37. The minimum absolute atomic E-state index is 0.189. The average Bonchev–Trinajstić information content (AvgIpc) is 2.54. The fourth-order valence-corrected chi connectivity index (χ4v) is 2.49. The Morgan fingerprint density at radius 2 is 1.78 bits per heavy atom. The van der Waals surface area contributed by atoms with Crippen LogP contribution in [0.25, 0.3) is 10.8 Å². The molecule has 0 heterocycles. The predicted octanol–water partition coefficient (Wildman–Crippen LogP) is 4.05. The zero-order valence-corrected chi connectivity index (χ0v) is 12.8. The second-order valence-electron chi connectivity index (χ2n) is 5.45. The molecule has 3 nitrogen and oxygen atoms in total. The minimum Gasteiger partial charge on any atom is -0.365 e. The van der Waals surface area contributed by atoms with Crippen LogP contribution in [-0.2, 0) is 4.79 Å². The van der Waals surface area contributed by atoms with E-state index in [1.807, 2.05) is 48.3 Å². The van der Waals surface area contributed by atoms with Gasteiger partial charge in [0.15, 0.2) is 0 Å². The lowest BCUT2D eigenvalue weighted by Crippen LogP contribution is -2.30. The summed E-state index contributed by atoms with van der Waals surface area (Å²) in [6.07, 6.45) is 0. The van der Waals surface area contributed by atoms with Gasteiger partial charge in [-0.05, 0) is 41.1 Å². The molecule has 0 fully saturated rings. The van der Waals surface area contributed by atoms with E-state index in [-0.39, 0.29) is 18.3 Å². The van der Waals surface area contributed by atoms with Gasteiger partial charge in [0, 0.05) is 18.4 Å². The van der Waals surface area contributed by atoms with Crippen molar-refractivity contribution in [3.63, 3.8) is 0 Å². The smallest absolute Gasteiger partial charge is 0.243 e. The van der Waals surface area contributed by atoms with Gasteiger partial charge in [-0.15, -0.1) is 0 Å². The highest BCUT2D eigenvalue weighted by Gasteiger charge is 2.09.